The van der Waals surface area contributed by atoms with Crippen molar-refractivity contribution in [3.05, 3.63) is 29.8 Å². The number of rotatable bonds is 3. The van der Waals surface area contributed by atoms with Gasteiger partial charge in [0.15, 0.2) is 0 Å². The van der Waals surface area contributed by atoms with Gasteiger partial charge in [0.25, 0.3) is 0 Å². The van der Waals surface area contributed by atoms with Gasteiger partial charge < -0.3 is 14.7 Å². The molecule has 0 aromatic heterocycles. The van der Waals surface area contributed by atoms with Gasteiger partial charge >= 0.3 is 0 Å². The van der Waals surface area contributed by atoms with Crippen LogP contribution in [-0.2, 0) is 4.79 Å². The first kappa shape index (κ1) is 13.4. The zero-order chi connectivity index (χ0) is 14.1. The van der Waals surface area contributed by atoms with Gasteiger partial charge in [-0.05, 0) is 42.9 Å². The van der Waals surface area contributed by atoms with Crippen molar-refractivity contribution in [2.24, 2.45) is 5.92 Å². The standard InChI is InChI=1S/C16H21NO3/c1-20-13-4-2-11(3-5-13)14-10-15(14)16(19)17-8-6-12(18)7-9-17/h2-5,12,14-15,18H,6-10H2,1H3. The van der Waals surface area contributed by atoms with Crippen molar-refractivity contribution in [2.45, 2.75) is 31.3 Å². The van der Waals surface area contributed by atoms with Crippen LogP contribution in [0.1, 0.15) is 30.7 Å². The number of ether oxygens (including phenoxy) is 1. The summed E-state index contributed by atoms with van der Waals surface area (Å²) in [5, 5.41) is 9.49. The molecule has 2 aliphatic rings. The van der Waals surface area contributed by atoms with E-state index in [1.165, 1.54) is 5.56 Å². The highest BCUT2D eigenvalue weighted by Crippen LogP contribution is 2.48. The van der Waals surface area contributed by atoms with E-state index in [2.05, 4.69) is 12.1 Å². The molecule has 0 radical (unpaired) electrons. The molecule has 2 unspecified atom stereocenters. The number of likely N-dealkylation sites (tertiary alicyclic amines) is 1. The van der Waals surface area contributed by atoms with Gasteiger partial charge in [0.1, 0.15) is 5.75 Å². The average molecular weight is 275 g/mol. The van der Waals surface area contributed by atoms with Crippen molar-refractivity contribution in [3.63, 3.8) is 0 Å². The normalized spacial score (nSPS) is 26.4. The third kappa shape index (κ3) is 2.66. The summed E-state index contributed by atoms with van der Waals surface area (Å²) in [5.41, 5.74) is 1.22. The maximum absolute atomic E-state index is 12.4. The molecule has 1 aromatic rings. The molecule has 0 bridgehead atoms. The summed E-state index contributed by atoms with van der Waals surface area (Å²) < 4.78 is 5.15. The van der Waals surface area contributed by atoms with Gasteiger partial charge in [-0.2, -0.15) is 0 Å². The Kier molecular flexibility index (Phi) is 3.66. The number of carbonyl (C=O) groups excluding carboxylic acids is 1. The maximum atomic E-state index is 12.4. The van der Waals surface area contributed by atoms with E-state index in [4.69, 9.17) is 4.74 Å². The molecule has 2 fully saturated rings. The quantitative estimate of drug-likeness (QED) is 0.915. The van der Waals surface area contributed by atoms with Crippen LogP contribution < -0.4 is 4.74 Å². The van der Waals surface area contributed by atoms with Gasteiger partial charge in [-0.3, -0.25) is 4.79 Å². The second-order valence-corrected chi connectivity index (χ2v) is 5.78. The van der Waals surface area contributed by atoms with Crippen LogP contribution in [-0.4, -0.2) is 42.2 Å². The summed E-state index contributed by atoms with van der Waals surface area (Å²) in [6, 6.07) is 8.01. The van der Waals surface area contributed by atoms with Crippen LogP contribution in [0.2, 0.25) is 0 Å². The molecule has 1 N–H and O–H groups in total. The molecule has 4 nitrogen and oxygen atoms in total. The molecule has 0 spiro atoms. The number of methoxy groups -OCH3 is 1. The fraction of sp³-hybridized carbons (Fsp3) is 0.562. The number of amides is 1. The van der Waals surface area contributed by atoms with Gasteiger partial charge in [0.05, 0.1) is 13.2 Å². The second-order valence-electron chi connectivity index (χ2n) is 5.78. The third-order valence-corrected chi connectivity index (χ3v) is 4.43. The first-order valence-corrected chi connectivity index (χ1v) is 7.30. The largest absolute Gasteiger partial charge is 0.497 e. The number of aliphatic hydroxyl groups excluding tert-OH is 1. The van der Waals surface area contributed by atoms with Crippen LogP contribution in [0.4, 0.5) is 0 Å². The lowest BCUT2D eigenvalue weighted by molar-refractivity contribution is -0.134. The summed E-state index contributed by atoms with van der Waals surface area (Å²) >= 11 is 0. The number of hydrogen-bond donors (Lipinski definition) is 1. The first-order chi connectivity index (χ1) is 9.69. The fourth-order valence-electron chi connectivity index (χ4n) is 3.01. The molecular weight excluding hydrogens is 254 g/mol. The van der Waals surface area contributed by atoms with Crippen LogP contribution in [0, 0.1) is 5.92 Å². The van der Waals surface area contributed by atoms with Crippen LogP contribution in [0.3, 0.4) is 0 Å². The topological polar surface area (TPSA) is 49.8 Å². The van der Waals surface area contributed by atoms with Crippen molar-refractivity contribution in [1.29, 1.82) is 0 Å². The number of nitrogens with zero attached hydrogens (tertiary/aromatic N) is 1. The molecule has 1 saturated carbocycles. The van der Waals surface area contributed by atoms with Crippen molar-refractivity contribution >= 4 is 5.91 Å². The van der Waals surface area contributed by atoms with Crippen LogP contribution in [0.5, 0.6) is 5.75 Å². The Hall–Kier alpha value is -1.55. The van der Waals surface area contributed by atoms with Crippen molar-refractivity contribution in [2.75, 3.05) is 20.2 Å². The summed E-state index contributed by atoms with van der Waals surface area (Å²) in [6.45, 7) is 1.40. The van der Waals surface area contributed by atoms with Crippen molar-refractivity contribution in [1.82, 2.24) is 4.90 Å². The minimum atomic E-state index is -0.226. The zero-order valence-electron chi connectivity index (χ0n) is 11.8. The molecule has 20 heavy (non-hydrogen) atoms. The first-order valence-electron chi connectivity index (χ1n) is 7.30. The lowest BCUT2D eigenvalue weighted by Crippen LogP contribution is -2.41. The second kappa shape index (κ2) is 5.44. The molecule has 1 saturated heterocycles. The predicted octanol–water partition coefficient (Wildman–Crippen LogP) is 1.78. The maximum Gasteiger partial charge on any atom is 0.226 e. The Morgan fingerprint density at radius 1 is 1.25 bits per heavy atom. The van der Waals surface area contributed by atoms with Crippen molar-refractivity contribution in [3.8, 4) is 5.75 Å². The average Bonchev–Trinajstić information content (AvgIpc) is 3.28. The molecule has 3 rings (SSSR count). The van der Waals surface area contributed by atoms with Crippen molar-refractivity contribution < 1.29 is 14.6 Å². The molecular formula is C16H21NO3. The highest BCUT2D eigenvalue weighted by molar-refractivity contribution is 5.83. The zero-order valence-corrected chi connectivity index (χ0v) is 11.8. The van der Waals surface area contributed by atoms with E-state index >= 15 is 0 Å². The van der Waals surface area contributed by atoms with E-state index in [1.807, 2.05) is 17.0 Å². The molecule has 1 aliphatic carbocycles. The monoisotopic (exact) mass is 275 g/mol. The van der Waals surface area contributed by atoms with Gasteiger partial charge in [-0.25, -0.2) is 0 Å². The van der Waals surface area contributed by atoms with E-state index in [1.54, 1.807) is 7.11 Å². The minimum Gasteiger partial charge on any atom is -0.497 e. The highest BCUT2D eigenvalue weighted by atomic mass is 16.5. The van der Waals surface area contributed by atoms with E-state index < -0.39 is 0 Å². The Balaban J connectivity index is 1.59. The van der Waals surface area contributed by atoms with Gasteiger partial charge in [-0.15, -0.1) is 0 Å². The molecule has 2 atom stereocenters. The van der Waals surface area contributed by atoms with Gasteiger partial charge in [0, 0.05) is 19.0 Å². The Bertz CT molecular complexity index is 477. The lowest BCUT2D eigenvalue weighted by Gasteiger charge is -2.29. The van der Waals surface area contributed by atoms with E-state index in [0.717, 1.165) is 12.2 Å². The Labute approximate surface area is 119 Å². The molecule has 1 aliphatic heterocycles. The Morgan fingerprint density at radius 3 is 2.50 bits per heavy atom. The minimum absolute atomic E-state index is 0.138. The summed E-state index contributed by atoms with van der Waals surface area (Å²) in [7, 11) is 1.66. The molecule has 4 heteroatoms. The number of piperidine rings is 1. The fourth-order valence-corrected chi connectivity index (χ4v) is 3.01. The predicted molar refractivity (Wildman–Crippen MR) is 75.7 cm³/mol. The van der Waals surface area contributed by atoms with Crippen LogP contribution >= 0.6 is 0 Å². The number of carbonyl (C=O) groups is 1. The molecule has 1 heterocycles. The Morgan fingerprint density at radius 2 is 1.90 bits per heavy atom. The SMILES string of the molecule is COc1ccc(C2CC2C(=O)N2CCC(O)CC2)cc1. The summed E-state index contributed by atoms with van der Waals surface area (Å²) in [6.07, 6.45) is 2.15. The smallest absolute Gasteiger partial charge is 0.226 e. The highest BCUT2D eigenvalue weighted by Gasteiger charge is 2.46. The van der Waals surface area contributed by atoms with Crippen LogP contribution in [0.15, 0.2) is 24.3 Å². The van der Waals surface area contributed by atoms with E-state index in [0.29, 0.717) is 31.8 Å². The number of benzene rings is 1. The summed E-state index contributed by atoms with van der Waals surface area (Å²) in [4.78, 5) is 14.3. The van der Waals surface area contributed by atoms with Gasteiger partial charge in [0.2, 0.25) is 5.91 Å². The van der Waals surface area contributed by atoms with E-state index in [-0.39, 0.29) is 17.9 Å². The van der Waals surface area contributed by atoms with E-state index in [9.17, 15) is 9.90 Å². The van der Waals surface area contributed by atoms with Gasteiger partial charge in [-0.1, -0.05) is 12.1 Å². The number of hydrogen-bond acceptors (Lipinski definition) is 3. The lowest BCUT2D eigenvalue weighted by atomic mass is 10.1. The number of aliphatic hydroxyl groups is 1. The summed E-state index contributed by atoms with van der Waals surface area (Å²) in [5.74, 6) is 1.61. The molecule has 1 amide bonds. The van der Waals surface area contributed by atoms with Crippen LogP contribution in [0.25, 0.3) is 0 Å². The third-order valence-electron chi connectivity index (χ3n) is 4.43. The molecule has 1 aromatic carbocycles. The molecule has 108 valence electrons.